The number of likely N-dealkylation sites (tertiary alicyclic amines) is 1. The van der Waals surface area contributed by atoms with Crippen LogP contribution in [-0.4, -0.2) is 35.8 Å². The highest BCUT2D eigenvalue weighted by atomic mass is 16.7. The molecule has 0 bridgehead atoms. The minimum Gasteiger partial charge on any atom is -0.348 e. The van der Waals surface area contributed by atoms with Gasteiger partial charge in [-0.25, -0.2) is 0 Å². The molecule has 0 unspecified atom stereocenters. The van der Waals surface area contributed by atoms with Crippen molar-refractivity contribution < 1.29 is 14.3 Å². The number of hydrogen-bond donors (Lipinski definition) is 0. The standard InChI is InChI=1S/C18H23NO3/c1-13-15-11-18(21-9-10-22-18)8-7-16(15)19(17(13)20)12-14-5-3-2-4-6-14/h2-6,13,15-16H,7-12H2,1H3/t13-,15+,16+/m0/s1. The van der Waals surface area contributed by atoms with Crippen LogP contribution in [0, 0.1) is 11.8 Å². The summed E-state index contributed by atoms with van der Waals surface area (Å²) >= 11 is 0. The molecule has 2 saturated heterocycles. The Balaban J connectivity index is 1.54. The molecule has 0 radical (unpaired) electrons. The lowest BCUT2D eigenvalue weighted by Crippen LogP contribution is -2.45. The maximum atomic E-state index is 12.7. The Morgan fingerprint density at radius 2 is 1.95 bits per heavy atom. The molecule has 3 aliphatic rings. The molecule has 1 aliphatic carbocycles. The van der Waals surface area contributed by atoms with Crippen LogP contribution in [0.3, 0.4) is 0 Å². The molecule has 2 heterocycles. The largest absolute Gasteiger partial charge is 0.348 e. The van der Waals surface area contributed by atoms with Gasteiger partial charge in [0.2, 0.25) is 5.91 Å². The van der Waals surface area contributed by atoms with Crippen molar-refractivity contribution in [2.75, 3.05) is 13.2 Å². The lowest BCUT2D eigenvalue weighted by atomic mass is 9.77. The number of fused-ring (bicyclic) bond motifs is 1. The van der Waals surface area contributed by atoms with Gasteiger partial charge in [-0.15, -0.1) is 0 Å². The van der Waals surface area contributed by atoms with Gasteiger partial charge in [0.1, 0.15) is 0 Å². The van der Waals surface area contributed by atoms with Crippen molar-refractivity contribution in [1.82, 2.24) is 4.90 Å². The van der Waals surface area contributed by atoms with Crippen molar-refractivity contribution in [2.45, 2.75) is 44.6 Å². The average Bonchev–Trinajstić information content (AvgIpc) is 3.08. The number of nitrogens with zero attached hydrogens (tertiary/aromatic N) is 1. The molecule has 3 atom stereocenters. The molecule has 1 aromatic rings. The van der Waals surface area contributed by atoms with Crippen molar-refractivity contribution in [1.29, 1.82) is 0 Å². The highest BCUT2D eigenvalue weighted by Crippen LogP contribution is 2.47. The molecule has 1 saturated carbocycles. The highest BCUT2D eigenvalue weighted by Gasteiger charge is 2.54. The molecule has 4 nitrogen and oxygen atoms in total. The number of ether oxygens (including phenoxy) is 2. The molecular formula is C18H23NO3. The van der Waals surface area contributed by atoms with Crippen molar-refractivity contribution in [2.24, 2.45) is 11.8 Å². The first-order chi connectivity index (χ1) is 10.7. The summed E-state index contributed by atoms with van der Waals surface area (Å²) in [6, 6.07) is 10.6. The molecule has 118 valence electrons. The van der Waals surface area contributed by atoms with Crippen LogP contribution in [0.2, 0.25) is 0 Å². The second-order valence-corrected chi connectivity index (χ2v) is 6.82. The van der Waals surface area contributed by atoms with Crippen molar-refractivity contribution in [3.8, 4) is 0 Å². The summed E-state index contributed by atoms with van der Waals surface area (Å²) in [5, 5.41) is 0. The molecule has 3 fully saturated rings. The second kappa shape index (κ2) is 5.36. The van der Waals surface area contributed by atoms with E-state index in [1.54, 1.807) is 0 Å². The van der Waals surface area contributed by atoms with Gasteiger partial charge in [0.15, 0.2) is 5.79 Å². The zero-order chi connectivity index (χ0) is 15.2. The van der Waals surface area contributed by atoms with E-state index in [4.69, 9.17) is 9.47 Å². The Labute approximate surface area is 131 Å². The zero-order valence-electron chi connectivity index (χ0n) is 13.0. The molecule has 2 aliphatic heterocycles. The summed E-state index contributed by atoms with van der Waals surface area (Å²) in [7, 11) is 0. The lowest BCUT2D eigenvalue weighted by molar-refractivity contribution is -0.193. The first kappa shape index (κ1) is 14.2. The Morgan fingerprint density at radius 3 is 2.68 bits per heavy atom. The third-order valence-corrected chi connectivity index (χ3v) is 5.59. The minimum atomic E-state index is -0.404. The van der Waals surface area contributed by atoms with E-state index in [9.17, 15) is 4.79 Å². The van der Waals surface area contributed by atoms with Gasteiger partial charge in [0, 0.05) is 31.3 Å². The molecule has 1 spiro atoms. The van der Waals surface area contributed by atoms with Crippen molar-refractivity contribution >= 4 is 5.91 Å². The van der Waals surface area contributed by atoms with E-state index >= 15 is 0 Å². The van der Waals surface area contributed by atoms with Crippen LogP contribution in [0.4, 0.5) is 0 Å². The molecule has 0 N–H and O–H groups in total. The second-order valence-electron chi connectivity index (χ2n) is 6.82. The number of rotatable bonds is 2. The molecular weight excluding hydrogens is 278 g/mol. The SMILES string of the molecule is C[C@@H]1C(=O)N(Cc2ccccc2)[C@@H]2CCC3(C[C@H]12)OCCO3. The van der Waals surface area contributed by atoms with Gasteiger partial charge in [0.05, 0.1) is 13.2 Å². The Morgan fingerprint density at radius 1 is 1.23 bits per heavy atom. The van der Waals surface area contributed by atoms with Crippen LogP contribution in [0.15, 0.2) is 30.3 Å². The van der Waals surface area contributed by atoms with Crippen LogP contribution in [0.1, 0.15) is 31.7 Å². The maximum Gasteiger partial charge on any atom is 0.226 e. The molecule has 4 rings (SSSR count). The summed E-state index contributed by atoms with van der Waals surface area (Å²) in [6.45, 7) is 4.17. The fourth-order valence-corrected chi connectivity index (χ4v) is 4.42. The first-order valence-electron chi connectivity index (χ1n) is 8.31. The van der Waals surface area contributed by atoms with E-state index in [0.717, 1.165) is 25.8 Å². The van der Waals surface area contributed by atoms with E-state index in [1.807, 2.05) is 18.2 Å². The van der Waals surface area contributed by atoms with Crippen LogP contribution in [-0.2, 0) is 20.8 Å². The van der Waals surface area contributed by atoms with Crippen LogP contribution in [0.5, 0.6) is 0 Å². The van der Waals surface area contributed by atoms with Gasteiger partial charge in [-0.1, -0.05) is 37.3 Å². The Hall–Kier alpha value is -1.39. The fourth-order valence-electron chi connectivity index (χ4n) is 4.42. The van der Waals surface area contributed by atoms with Crippen molar-refractivity contribution in [3.63, 3.8) is 0 Å². The number of carbonyl (C=O) groups is 1. The van der Waals surface area contributed by atoms with Crippen LogP contribution < -0.4 is 0 Å². The molecule has 1 amide bonds. The van der Waals surface area contributed by atoms with Gasteiger partial charge >= 0.3 is 0 Å². The van der Waals surface area contributed by atoms with Gasteiger partial charge in [0.25, 0.3) is 0 Å². The summed E-state index contributed by atoms with van der Waals surface area (Å²) in [6.07, 6.45) is 2.74. The zero-order valence-corrected chi connectivity index (χ0v) is 13.0. The van der Waals surface area contributed by atoms with Gasteiger partial charge in [-0.05, 0) is 17.9 Å². The van der Waals surface area contributed by atoms with E-state index < -0.39 is 5.79 Å². The summed E-state index contributed by atoms with van der Waals surface area (Å²) in [4.78, 5) is 14.8. The summed E-state index contributed by atoms with van der Waals surface area (Å²) < 4.78 is 11.7. The maximum absolute atomic E-state index is 12.7. The number of benzene rings is 1. The fraction of sp³-hybridized carbons (Fsp3) is 0.611. The van der Waals surface area contributed by atoms with E-state index in [-0.39, 0.29) is 11.8 Å². The topological polar surface area (TPSA) is 38.8 Å². The van der Waals surface area contributed by atoms with Crippen LogP contribution >= 0.6 is 0 Å². The van der Waals surface area contributed by atoms with Gasteiger partial charge < -0.3 is 14.4 Å². The van der Waals surface area contributed by atoms with Crippen molar-refractivity contribution in [3.05, 3.63) is 35.9 Å². The quantitative estimate of drug-likeness (QED) is 0.843. The molecule has 1 aromatic carbocycles. The highest BCUT2D eigenvalue weighted by molar-refractivity contribution is 5.81. The number of carbonyl (C=O) groups excluding carboxylic acids is 1. The third-order valence-electron chi connectivity index (χ3n) is 5.59. The molecule has 0 aromatic heterocycles. The van der Waals surface area contributed by atoms with Crippen LogP contribution in [0.25, 0.3) is 0 Å². The Kier molecular flexibility index (Phi) is 3.46. The smallest absolute Gasteiger partial charge is 0.226 e. The lowest BCUT2D eigenvalue weighted by Gasteiger charge is -2.40. The normalized spacial score (nSPS) is 33.4. The molecule has 22 heavy (non-hydrogen) atoms. The third kappa shape index (κ3) is 2.25. The number of amides is 1. The monoisotopic (exact) mass is 301 g/mol. The molecule has 4 heteroatoms. The van der Waals surface area contributed by atoms with E-state index in [0.29, 0.717) is 25.2 Å². The average molecular weight is 301 g/mol. The minimum absolute atomic E-state index is 0.0682. The predicted molar refractivity (Wildman–Crippen MR) is 81.9 cm³/mol. The first-order valence-corrected chi connectivity index (χ1v) is 8.31. The predicted octanol–water partition coefficient (Wildman–Crippen LogP) is 2.58. The summed E-state index contributed by atoms with van der Waals surface area (Å²) in [5.41, 5.74) is 1.21. The Bertz CT molecular complexity index is 553. The van der Waals surface area contributed by atoms with E-state index in [2.05, 4.69) is 24.0 Å². The summed E-state index contributed by atoms with van der Waals surface area (Å²) in [5.74, 6) is 0.300. The van der Waals surface area contributed by atoms with Gasteiger partial charge in [-0.3, -0.25) is 4.79 Å². The van der Waals surface area contributed by atoms with Gasteiger partial charge in [-0.2, -0.15) is 0 Å². The van der Waals surface area contributed by atoms with E-state index in [1.165, 1.54) is 5.56 Å². The number of hydrogen-bond acceptors (Lipinski definition) is 3.